The van der Waals surface area contributed by atoms with E-state index in [4.69, 9.17) is 32.7 Å². The first kappa shape index (κ1) is 17.1. The predicted molar refractivity (Wildman–Crippen MR) is 90.7 cm³/mol. The largest absolute Gasteiger partial charge is 0.493 e. The molecule has 0 aromatic heterocycles. The second-order valence-electron chi connectivity index (χ2n) is 4.37. The van der Waals surface area contributed by atoms with E-state index in [9.17, 15) is 4.79 Å². The van der Waals surface area contributed by atoms with Crippen molar-refractivity contribution in [1.29, 1.82) is 0 Å². The van der Waals surface area contributed by atoms with Crippen LogP contribution in [0.4, 0.5) is 0 Å². The second kappa shape index (κ2) is 8.41. The second-order valence-corrected chi connectivity index (χ2v) is 5.18. The molecule has 7 heteroatoms. The first-order chi connectivity index (χ1) is 11.1. The van der Waals surface area contributed by atoms with Crippen molar-refractivity contribution in [2.45, 2.75) is 0 Å². The molecule has 1 amide bonds. The number of halogens is 2. The molecule has 120 valence electrons. The third kappa shape index (κ3) is 4.87. The van der Waals surface area contributed by atoms with Gasteiger partial charge >= 0.3 is 0 Å². The van der Waals surface area contributed by atoms with Gasteiger partial charge in [0.1, 0.15) is 0 Å². The van der Waals surface area contributed by atoms with Gasteiger partial charge in [-0.1, -0.05) is 41.4 Å². The average Bonchev–Trinajstić information content (AvgIpc) is 2.56. The maximum Gasteiger partial charge on any atom is 0.277 e. The molecule has 0 heterocycles. The summed E-state index contributed by atoms with van der Waals surface area (Å²) in [5.74, 6) is 0.602. The maximum atomic E-state index is 11.7. The molecule has 0 fully saturated rings. The number of hydrazone groups is 1. The molecule has 0 aliphatic carbocycles. The van der Waals surface area contributed by atoms with Crippen LogP contribution in [-0.2, 0) is 4.79 Å². The minimum absolute atomic E-state index is 0.200. The molecule has 2 aromatic carbocycles. The zero-order valence-electron chi connectivity index (χ0n) is 12.3. The van der Waals surface area contributed by atoms with Crippen molar-refractivity contribution in [3.05, 3.63) is 58.1 Å². The molecule has 0 radical (unpaired) electrons. The number of carbonyl (C=O) groups excluding carboxylic acids is 1. The molecule has 0 aliphatic rings. The van der Waals surface area contributed by atoms with E-state index in [1.807, 2.05) is 6.07 Å². The Kier molecular flexibility index (Phi) is 6.26. The third-order valence-electron chi connectivity index (χ3n) is 2.81. The topological polar surface area (TPSA) is 59.9 Å². The summed E-state index contributed by atoms with van der Waals surface area (Å²) >= 11 is 12.0. The van der Waals surface area contributed by atoms with Crippen molar-refractivity contribution in [1.82, 2.24) is 5.43 Å². The molecule has 0 spiro atoms. The quantitative estimate of drug-likeness (QED) is 0.638. The number of nitrogens with one attached hydrogen (secondary N) is 1. The van der Waals surface area contributed by atoms with Gasteiger partial charge in [0.05, 0.1) is 23.4 Å². The number of para-hydroxylation sites is 2. The Morgan fingerprint density at radius 1 is 1.13 bits per heavy atom. The first-order valence-corrected chi connectivity index (χ1v) is 7.39. The van der Waals surface area contributed by atoms with E-state index in [-0.39, 0.29) is 6.61 Å². The maximum absolute atomic E-state index is 11.7. The monoisotopic (exact) mass is 352 g/mol. The summed E-state index contributed by atoms with van der Waals surface area (Å²) < 4.78 is 10.5. The van der Waals surface area contributed by atoms with Crippen LogP contribution in [0, 0.1) is 0 Å². The van der Waals surface area contributed by atoms with Gasteiger partial charge in [-0.3, -0.25) is 4.79 Å². The molecular formula is C16H14Cl2N2O3. The third-order valence-corrected chi connectivity index (χ3v) is 3.47. The number of ether oxygens (including phenoxy) is 2. The fourth-order valence-electron chi connectivity index (χ4n) is 1.72. The van der Waals surface area contributed by atoms with E-state index in [0.717, 1.165) is 0 Å². The number of hydrogen-bond acceptors (Lipinski definition) is 4. The van der Waals surface area contributed by atoms with Crippen LogP contribution in [0.5, 0.6) is 11.5 Å². The Balaban J connectivity index is 1.89. The van der Waals surface area contributed by atoms with Gasteiger partial charge in [0.2, 0.25) is 0 Å². The fraction of sp³-hybridized carbons (Fsp3) is 0.125. The minimum atomic E-state index is -0.421. The molecule has 0 unspecified atom stereocenters. The summed E-state index contributed by atoms with van der Waals surface area (Å²) in [5.41, 5.74) is 2.87. The lowest BCUT2D eigenvalue weighted by atomic mass is 10.2. The normalized spacial score (nSPS) is 10.6. The molecule has 0 saturated carbocycles. The Hall–Kier alpha value is -2.24. The summed E-state index contributed by atoms with van der Waals surface area (Å²) in [6.07, 6.45) is 1.38. The Bertz CT molecular complexity index is 700. The van der Waals surface area contributed by atoms with E-state index in [2.05, 4.69) is 10.5 Å². The number of rotatable bonds is 6. The number of benzene rings is 2. The van der Waals surface area contributed by atoms with E-state index in [0.29, 0.717) is 27.1 Å². The average molecular weight is 353 g/mol. The highest BCUT2D eigenvalue weighted by Gasteiger charge is 2.06. The van der Waals surface area contributed by atoms with Crippen LogP contribution in [-0.4, -0.2) is 25.8 Å². The van der Waals surface area contributed by atoms with E-state index in [1.165, 1.54) is 13.3 Å². The van der Waals surface area contributed by atoms with Gasteiger partial charge in [-0.2, -0.15) is 5.10 Å². The van der Waals surface area contributed by atoms with Crippen molar-refractivity contribution >= 4 is 35.3 Å². The number of hydrogen-bond donors (Lipinski definition) is 1. The molecule has 2 aromatic rings. The summed E-state index contributed by atoms with van der Waals surface area (Å²) in [6, 6.07) is 12.1. The zero-order chi connectivity index (χ0) is 16.7. The van der Waals surface area contributed by atoms with E-state index in [1.54, 1.807) is 36.4 Å². The predicted octanol–water partition coefficient (Wildman–Crippen LogP) is 3.53. The highest BCUT2D eigenvalue weighted by molar-refractivity contribution is 6.38. The standard InChI is InChI=1S/C16H14Cl2N2O3/c1-22-14-7-2-3-8-15(14)23-10-16(21)20-19-9-11-12(17)5-4-6-13(11)18/h2-9H,10H2,1H3,(H,20,21)/b19-9-. The summed E-state index contributed by atoms with van der Waals surface area (Å²) in [7, 11) is 1.53. The number of carbonyl (C=O) groups is 1. The number of amides is 1. The SMILES string of the molecule is COc1ccccc1OCC(=O)N/N=C\c1c(Cl)cccc1Cl. The smallest absolute Gasteiger partial charge is 0.277 e. The lowest BCUT2D eigenvalue weighted by Crippen LogP contribution is -2.24. The van der Waals surface area contributed by atoms with Gasteiger partial charge < -0.3 is 9.47 Å². The molecule has 0 aliphatic heterocycles. The zero-order valence-corrected chi connectivity index (χ0v) is 13.8. The van der Waals surface area contributed by atoms with Crippen molar-refractivity contribution < 1.29 is 14.3 Å². The molecule has 5 nitrogen and oxygen atoms in total. The van der Waals surface area contributed by atoms with Crippen molar-refractivity contribution in [3.8, 4) is 11.5 Å². The van der Waals surface area contributed by atoms with Gasteiger partial charge in [-0.15, -0.1) is 0 Å². The lowest BCUT2D eigenvalue weighted by molar-refractivity contribution is -0.123. The van der Waals surface area contributed by atoms with Crippen molar-refractivity contribution in [2.75, 3.05) is 13.7 Å². The molecule has 0 bridgehead atoms. The van der Waals surface area contributed by atoms with E-state index < -0.39 is 5.91 Å². The molecular weight excluding hydrogens is 339 g/mol. The van der Waals surface area contributed by atoms with Gasteiger partial charge in [0, 0.05) is 5.56 Å². The fourth-order valence-corrected chi connectivity index (χ4v) is 2.21. The molecule has 0 atom stereocenters. The highest BCUT2D eigenvalue weighted by atomic mass is 35.5. The summed E-state index contributed by atoms with van der Waals surface area (Å²) in [5, 5.41) is 4.70. The van der Waals surface area contributed by atoms with Crippen LogP contribution in [0.2, 0.25) is 10.0 Å². The lowest BCUT2D eigenvalue weighted by Gasteiger charge is -2.09. The summed E-state index contributed by atoms with van der Waals surface area (Å²) in [6.45, 7) is -0.200. The Labute approximate surface area is 143 Å². The van der Waals surface area contributed by atoms with Crippen LogP contribution >= 0.6 is 23.2 Å². The van der Waals surface area contributed by atoms with Crippen molar-refractivity contribution in [2.24, 2.45) is 5.10 Å². The number of methoxy groups -OCH3 is 1. The van der Waals surface area contributed by atoms with Gasteiger partial charge in [0.15, 0.2) is 18.1 Å². The van der Waals surface area contributed by atoms with Gasteiger partial charge in [0.25, 0.3) is 5.91 Å². The first-order valence-electron chi connectivity index (χ1n) is 6.63. The van der Waals surface area contributed by atoms with E-state index >= 15 is 0 Å². The van der Waals surface area contributed by atoms with Gasteiger partial charge in [-0.05, 0) is 24.3 Å². The van der Waals surface area contributed by atoms with Crippen LogP contribution in [0.1, 0.15) is 5.56 Å². The van der Waals surface area contributed by atoms with Crippen LogP contribution in [0.25, 0.3) is 0 Å². The Morgan fingerprint density at radius 2 is 1.78 bits per heavy atom. The minimum Gasteiger partial charge on any atom is -0.493 e. The molecule has 1 N–H and O–H groups in total. The van der Waals surface area contributed by atoms with Gasteiger partial charge in [-0.25, -0.2) is 5.43 Å². The number of nitrogens with zero attached hydrogens (tertiary/aromatic N) is 1. The van der Waals surface area contributed by atoms with Crippen LogP contribution in [0.3, 0.4) is 0 Å². The highest BCUT2D eigenvalue weighted by Crippen LogP contribution is 2.25. The Morgan fingerprint density at radius 3 is 2.43 bits per heavy atom. The van der Waals surface area contributed by atoms with Crippen LogP contribution in [0.15, 0.2) is 47.6 Å². The summed E-state index contributed by atoms with van der Waals surface area (Å²) in [4.78, 5) is 11.7. The van der Waals surface area contributed by atoms with Crippen LogP contribution < -0.4 is 14.9 Å². The molecule has 2 rings (SSSR count). The molecule has 23 heavy (non-hydrogen) atoms. The molecule has 0 saturated heterocycles. The van der Waals surface area contributed by atoms with Crippen molar-refractivity contribution in [3.63, 3.8) is 0 Å².